The van der Waals surface area contributed by atoms with E-state index in [4.69, 9.17) is 0 Å². The molecule has 0 radical (unpaired) electrons. The van der Waals surface area contributed by atoms with E-state index in [-0.39, 0.29) is 134 Å². The average molecular weight is 2930 g/mol. The topological polar surface area (TPSA) is 1480 Å². The van der Waals surface area contributed by atoms with Gasteiger partial charge in [-0.2, -0.15) is 0 Å². The maximum Gasteiger partial charge on any atom is 5.00 e. The second kappa shape index (κ2) is 49.4. The second-order valence-electron chi connectivity index (χ2n) is 15.9. The first-order valence-corrected chi connectivity index (χ1v) is 65.7. The van der Waals surface area contributed by atoms with Crippen LogP contribution in [0.5, 0.6) is 0 Å². The van der Waals surface area contributed by atoms with E-state index in [1.165, 1.54) is 0 Å². The van der Waals surface area contributed by atoms with Crippen LogP contribution in [0.3, 0.4) is 0 Å². The van der Waals surface area contributed by atoms with Gasteiger partial charge >= 0.3 is 134 Å². The molecule has 5 heterocycles. The van der Waals surface area contributed by atoms with Crippen LogP contribution < -0.4 is 147 Å². The molecule has 5 rings (SSSR count). The van der Waals surface area contributed by atoms with Crippen LogP contribution in [0.2, 0.25) is 0 Å². The summed E-state index contributed by atoms with van der Waals surface area (Å²) in [5.74, 6) is 0. The van der Waals surface area contributed by atoms with Crippen LogP contribution in [0.15, 0.2) is 0 Å². The van der Waals surface area contributed by atoms with Crippen LogP contribution in [-0.2, 0) is 401 Å². The first-order valence-electron chi connectivity index (χ1n) is 21.9. The fraction of sp³-hybridized carbons (Fsp3) is 0. The van der Waals surface area contributed by atoms with Crippen molar-refractivity contribution in [2.75, 3.05) is 0 Å². The van der Waals surface area contributed by atoms with Crippen molar-refractivity contribution in [3.8, 4) is 0 Å². The Morgan fingerprint density at radius 2 is 0.0873 bits per heavy atom. The molecule has 0 saturated carbocycles. The zero-order valence-electron chi connectivity index (χ0n) is 52.8. The summed E-state index contributed by atoms with van der Waals surface area (Å²) in [6.45, 7) is 0. The molecule has 0 aliphatic carbocycles. The van der Waals surface area contributed by atoms with Crippen molar-refractivity contribution < 1.29 is 547 Å². The standard InChI is InChI=1S/6Nb.5H6O18P6/c;;;;;;5*1-19(2)13-20(3,4)15-22(7,8)17-24(11,12)18-23(9,10)16-21(5,6)14-19/h;;;;;;5*(H,1,2)(H,3,4)(H,5,6)(H,7,8)(H,9,10)(H,11,12)/q6*+5;;;;;/p-30. The number of phosphoric acid groups is 30. The van der Waals surface area contributed by atoms with Crippen molar-refractivity contribution in [1.29, 1.82) is 0 Å². The molecule has 0 aromatic heterocycles. The Balaban J connectivity index is -0.000000353. The van der Waals surface area contributed by atoms with Gasteiger partial charge in [-0.15, -0.1) is 0 Å². The van der Waals surface area contributed by atoms with Crippen molar-refractivity contribution >= 4 is 235 Å². The van der Waals surface area contributed by atoms with Crippen LogP contribution in [-0.4, -0.2) is 0 Å². The van der Waals surface area contributed by atoms with E-state index in [0.29, 0.717) is 0 Å². The van der Waals surface area contributed by atoms with E-state index >= 15 is 0 Å². The quantitative estimate of drug-likeness (QED) is 0.160. The summed E-state index contributed by atoms with van der Waals surface area (Å²) < 4.78 is 417. The summed E-state index contributed by atoms with van der Waals surface area (Å²) in [7, 11) is -197. The summed E-state index contributed by atoms with van der Waals surface area (Å²) in [4.78, 5) is 329. The summed E-state index contributed by atoms with van der Waals surface area (Å²) in [5.41, 5.74) is 0. The Kier molecular flexibility index (Phi) is 57.1. The van der Waals surface area contributed by atoms with Crippen molar-refractivity contribution in [2.45, 2.75) is 0 Å². The third-order valence-electron chi connectivity index (χ3n) is 6.00. The van der Waals surface area contributed by atoms with Crippen molar-refractivity contribution in [3.05, 3.63) is 0 Å². The molecule has 0 unspecified atom stereocenters. The Morgan fingerprint density at radius 1 is 0.0714 bits per heavy atom. The molecular weight excluding hydrogens is 2930 g/mol. The predicted octanol–water partition coefficient (Wildman–Crippen LogP) is -15.5. The van der Waals surface area contributed by atoms with Gasteiger partial charge in [0, 0.05) is 0 Å². The molecule has 0 N–H and O–H groups in total. The summed E-state index contributed by atoms with van der Waals surface area (Å²) >= 11 is 0. The molecule has 5 aliphatic heterocycles. The van der Waals surface area contributed by atoms with Gasteiger partial charge in [-0.3, -0.25) is 137 Å². The minimum atomic E-state index is -6.56. The molecule has 5 fully saturated rings. The number of rotatable bonds is 0. The Hall–Kier alpha value is 8.94. The summed E-state index contributed by atoms with van der Waals surface area (Å²) in [6, 6.07) is 0. The fourth-order valence-corrected chi connectivity index (χ4v) is 45.1. The van der Waals surface area contributed by atoms with E-state index in [2.05, 4.69) is 129 Å². The minimum Gasteiger partial charge on any atom is -0.756 e. The fourth-order valence-electron chi connectivity index (χ4n) is 4.12. The van der Waals surface area contributed by atoms with E-state index in [9.17, 15) is 284 Å². The maximum atomic E-state index is 11.0. The molecule has 5 aliphatic rings. The molecule has 0 amide bonds. The Morgan fingerprint density at radius 3 is 0.103 bits per heavy atom. The monoisotopic (exact) mass is 2930 g/mol. The molecule has 0 aromatic carbocycles. The molecule has 5 saturated heterocycles. The Bertz CT molecular complexity index is 3670. The zero-order valence-corrected chi connectivity index (χ0v) is 92.9. The van der Waals surface area contributed by atoms with E-state index < -0.39 is 235 Å². The van der Waals surface area contributed by atoms with Gasteiger partial charge in [0.15, 0.2) is 0 Å². The van der Waals surface area contributed by atoms with Crippen molar-refractivity contribution in [3.63, 3.8) is 0 Å². The summed E-state index contributed by atoms with van der Waals surface area (Å²) in [6.07, 6.45) is 0. The third kappa shape index (κ3) is 64.8. The van der Waals surface area contributed by atoms with Crippen LogP contribution in [0.1, 0.15) is 0 Å². The number of hydrogen-bond donors (Lipinski definition) is 0. The van der Waals surface area contributed by atoms with Gasteiger partial charge in [-0.05, 0) is 0 Å². The largest absolute Gasteiger partial charge is 5.00 e. The predicted molar refractivity (Wildman–Crippen MR) is 261 cm³/mol. The smallest absolute Gasteiger partial charge is 0.756 e. The van der Waals surface area contributed by atoms with E-state index in [0.717, 1.165) is 0 Å². The first kappa shape index (κ1) is 146. The molecule has 126 heteroatoms. The third-order valence-corrected chi connectivity index (χ3v) is 54.0. The zero-order chi connectivity index (χ0) is 96.2. The van der Waals surface area contributed by atoms with Crippen LogP contribution in [0.25, 0.3) is 0 Å². The van der Waals surface area contributed by atoms with Gasteiger partial charge in [0.1, 0.15) is 0 Å². The summed E-state index contributed by atoms with van der Waals surface area (Å²) in [5, 5.41) is 0. The van der Waals surface area contributed by atoms with Gasteiger partial charge in [0.25, 0.3) is 235 Å². The maximum absolute atomic E-state index is 11.0. The van der Waals surface area contributed by atoms with Gasteiger partial charge in [0.05, 0.1) is 0 Å². The molecule has 126 heavy (non-hydrogen) atoms. The van der Waals surface area contributed by atoms with Crippen LogP contribution >= 0.6 is 235 Å². The Labute approximate surface area is 775 Å². The number of hydrogen-bond acceptors (Lipinski definition) is 90. The normalized spacial score (nSPS) is 52.6. The molecule has 90 nitrogen and oxygen atoms in total. The first-order chi connectivity index (χ1) is 51.2. The second-order valence-corrected chi connectivity index (χ2v) is 62.3. The van der Waals surface area contributed by atoms with Gasteiger partial charge in [-0.25, -0.2) is 129 Å². The molecule has 720 valence electrons. The molecular formula is Nb6O90P30. The molecule has 0 bridgehead atoms. The SMILES string of the molecule is O=P1([O-])OP(=O)([O-])OP(=O)([O-])OP(=O)([O-])OP(=O)([O-])OP(=O)([O-])O1.O=P1([O-])OP(=O)([O-])OP(=O)([O-])OP(=O)([O-])OP(=O)([O-])OP(=O)([O-])O1.O=P1([O-])OP(=O)([O-])OP(=O)([O-])OP(=O)([O-])OP(=O)([O-])OP(=O)([O-])O1.O=P1([O-])OP(=O)([O-])OP(=O)([O-])OP(=O)([O-])OP(=O)([O-])OP(=O)([O-])O1.O=P1([O-])OP(=O)([O-])OP(=O)([O-])OP(=O)([O-])OP(=O)([O-])OP(=O)([O-])O1.[Nb+5].[Nb+5].[Nb+5].[Nb+5].[Nb+5].[Nb+5]. The molecule has 0 atom stereocenters. The van der Waals surface area contributed by atoms with E-state index in [1.807, 2.05) is 0 Å². The van der Waals surface area contributed by atoms with Crippen LogP contribution in [0.4, 0.5) is 0 Å². The molecule has 0 aromatic rings. The van der Waals surface area contributed by atoms with E-state index in [1.54, 1.807) is 0 Å². The average Bonchev–Trinajstić information content (AvgIpc) is 0.806. The molecule has 0 spiro atoms. The van der Waals surface area contributed by atoms with Gasteiger partial charge < -0.3 is 147 Å². The van der Waals surface area contributed by atoms with Crippen molar-refractivity contribution in [2.24, 2.45) is 0 Å². The van der Waals surface area contributed by atoms with Crippen LogP contribution in [0, 0.1) is 0 Å². The minimum absolute atomic E-state index is 0. The van der Waals surface area contributed by atoms with Gasteiger partial charge in [0.2, 0.25) is 0 Å². The van der Waals surface area contributed by atoms with Gasteiger partial charge in [-0.1, -0.05) is 0 Å². The van der Waals surface area contributed by atoms with Crippen molar-refractivity contribution in [1.82, 2.24) is 0 Å².